The molecular formula is C20H22N2O3. The van der Waals surface area contributed by atoms with Crippen LogP contribution in [0, 0.1) is 0 Å². The van der Waals surface area contributed by atoms with Crippen LogP contribution in [0.15, 0.2) is 42.6 Å². The highest BCUT2D eigenvalue weighted by atomic mass is 16.5. The molecule has 0 atom stereocenters. The predicted octanol–water partition coefficient (Wildman–Crippen LogP) is 3.43. The van der Waals surface area contributed by atoms with E-state index in [9.17, 15) is 0 Å². The molecule has 3 aromatic rings. The predicted molar refractivity (Wildman–Crippen MR) is 99.6 cm³/mol. The third-order valence-corrected chi connectivity index (χ3v) is 4.21. The van der Waals surface area contributed by atoms with E-state index in [-0.39, 0.29) is 0 Å². The molecule has 0 radical (unpaired) electrons. The fourth-order valence-electron chi connectivity index (χ4n) is 3.08. The molecule has 5 nitrogen and oxygen atoms in total. The third-order valence-electron chi connectivity index (χ3n) is 4.21. The van der Waals surface area contributed by atoms with Gasteiger partial charge in [-0.15, -0.1) is 0 Å². The Balaban J connectivity index is 2.32. The van der Waals surface area contributed by atoms with Crippen LogP contribution in [0.4, 0.5) is 0 Å². The fourth-order valence-corrected chi connectivity index (χ4v) is 3.08. The standard InChI is InChI=1S/C20H22N2O3/c1-23-17-7-6-14(15-5-4-10-22-19(15)17)16-11-13(8-9-21)12-18(24-2)20(16)25-3/h4-7,10-12H,8-9,21H2,1-3H3. The molecular weight excluding hydrogens is 316 g/mol. The molecule has 3 rings (SSSR count). The topological polar surface area (TPSA) is 66.6 Å². The molecule has 25 heavy (non-hydrogen) atoms. The Morgan fingerprint density at radius 3 is 2.40 bits per heavy atom. The second-order valence-corrected chi connectivity index (χ2v) is 5.63. The maximum atomic E-state index is 5.74. The number of rotatable bonds is 6. The van der Waals surface area contributed by atoms with Gasteiger partial charge in [0.05, 0.1) is 21.3 Å². The van der Waals surface area contributed by atoms with Crippen LogP contribution in [0.25, 0.3) is 22.0 Å². The molecule has 130 valence electrons. The van der Waals surface area contributed by atoms with Crippen LogP contribution in [0.1, 0.15) is 5.56 Å². The van der Waals surface area contributed by atoms with Crippen molar-refractivity contribution in [2.24, 2.45) is 5.73 Å². The SMILES string of the molecule is COc1cc(CCN)cc(-c2ccc(OC)c3ncccc23)c1OC. The lowest BCUT2D eigenvalue weighted by molar-refractivity contribution is 0.356. The Bertz CT molecular complexity index is 893. The van der Waals surface area contributed by atoms with E-state index in [0.29, 0.717) is 18.0 Å². The highest BCUT2D eigenvalue weighted by Gasteiger charge is 2.17. The first kappa shape index (κ1) is 17.0. The normalized spacial score (nSPS) is 10.7. The van der Waals surface area contributed by atoms with Crippen LogP contribution in [0.5, 0.6) is 17.2 Å². The molecule has 2 aromatic carbocycles. The third kappa shape index (κ3) is 3.10. The first-order valence-electron chi connectivity index (χ1n) is 8.10. The van der Waals surface area contributed by atoms with Crippen molar-refractivity contribution in [3.05, 3.63) is 48.2 Å². The minimum atomic E-state index is 0.569. The van der Waals surface area contributed by atoms with E-state index < -0.39 is 0 Å². The number of ether oxygens (including phenoxy) is 3. The summed E-state index contributed by atoms with van der Waals surface area (Å²) in [5.74, 6) is 2.12. The molecule has 0 spiro atoms. The Kier molecular flexibility index (Phi) is 5.05. The molecule has 0 aliphatic heterocycles. The Hall–Kier alpha value is -2.79. The number of fused-ring (bicyclic) bond motifs is 1. The summed E-state index contributed by atoms with van der Waals surface area (Å²) < 4.78 is 16.6. The number of methoxy groups -OCH3 is 3. The summed E-state index contributed by atoms with van der Waals surface area (Å²) in [5.41, 5.74) is 9.62. The minimum Gasteiger partial charge on any atom is -0.494 e. The first-order chi connectivity index (χ1) is 12.2. The van der Waals surface area contributed by atoms with E-state index in [1.165, 1.54) is 0 Å². The highest BCUT2D eigenvalue weighted by Crippen LogP contribution is 2.43. The van der Waals surface area contributed by atoms with Gasteiger partial charge in [0, 0.05) is 17.1 Å². The molecule has 0 bridgehead atoms. The zero-order valence-corrected chi connectivity index (χ0v) is 14.7. The lowest BCUT2D eigenvalue weighted by Crippen LogP contribution is -2.04. The molecule has 0 unspecified atom stereocenters. The van der Waals surface area contributed by atoms with Crippen LogP contribution in [0.2, 0.25) is 0 Å². The van der Waals surface area contributed by atoms with Crippen molar-refractivity contribution >= 4 is 10.9 Å². The van der Waals surface area contributed by atoms with Gasteiger partial charge in [-0.1, -0.05) is 6.07 Å². The zero-order chi connectivity index (χ0) is 17.8. The lowest BCUT2D eigenvalue weighted by Gasteiger charge is -2.17. The maximum Gasteiger partial charge on any atom is 0.168 e. The van der Waals surface area contributed by atoms with Crippen molar-refractivity contribution in [1.29, 1.82) is 0 Å². The van der Waals surface area contributed by atoms with Crippen molar-refractivity contribution in [1.82, 2.24) is 4.98 Å². The van der Waals surface area contributed by atoms with Gasteiger partial charge in [-0.05, 0) is 54.4 Å². The van der Waals surface area contributed by atoms with Crippen molar-refractivity contribution in [2.45, 2.75) is 6.42 Å². The van der Waals surface area contributed by atoms with Gasteiger partial charge in [0.1, 0.15) is 11.3 Å². The molecule has 0 saturated carbocycles. The fraction of sp³-hybridized carbons (Fsp3) is 0.250. The monoisotopic (exact) mass is 338 g/mol. The highest BCUT2D eigenvalue weighted by molar-refractivity contribution is 5.99. The van der Waals surface area contributed by atoms with Gasteiger partial charge in [-0.2, -0.15) is 0 Å². The number of hydrogen-bond donors (Lipinski definition) is 1. The number of aromatic nitrogens is 1. The van der Waals surface area contributed by atoms with Gasteiger partial charge in [0.2, 0.25) is 0 Å². The van der Waals surface area contributed by atoms with Gasteiger partial charge < -0.3 is 19.9 Å². The van der Waals surface area contributed by atoms with Gasteiger partial charge in [-0.3, -0.25) is 4.98 Å². The lowest BCUT2D eigenvalue weighted by atomic mass is 9.96. The average molecular weight is 338 g/mol. The smallest absolute Gasteiger partial charge is 0.168 e. The summed E-state index contributed by atoms with van der Waals surface area (Å²) in [6.07, 6.45) is 2.52. The van der Waals surface area contributed by atoms with E-state index in [4.69, 9.17) is 19.9 Å². The summed E-state index contributed by atoms with van der Waals surface area (Å²) in [5, 5.41) is 0.993. The van der Waals surface area contributed by atoms with E-state index in [1.54, 1.807) is 27.5 Å². The van der Waals surface area contributed by atoms with E-state index in [2.05, 4.69) is 11.1 Å². The number of hydrogen-bond acceptors (Lipinski definition) is 5. The Morgan fingerprint density at radius 1 is 0.920 bits per heavy atom. The second-order valence-electron chi connectivity index (χ2n) is 5.63. The molecule has 5 heteroatoms. The molecule has 0 amide bonds. The molecule has 0 aliphatic carbocycles. The molecule has 0 fully saturated rings. The minimum absolute atomic E-state index is 0.569. The zero-order valence-electron chi connectivity index (χ0n) is 14.7. The van der Waals surface area contributed by atoms with E-state index in [0.717, 1.165) is 39.8 Å². The second kappa shape index (κ2) is 7.40. The van der Waals surface area contributed by atoms with Crippen LogP contribution < -0.4 is 19.9 Å². The summed E-state index contributed by atoms with van der Waals surface area (Å²) in [7, 11) is 4.93. The van der Waals surface area contributed by atoms with Gasteiger partial charge in [-0.25, -0.2) is 0 Å². The number of pyridine rings is 1. The van der Waals surface area contributed by atoms with Crippen LogP contribution >= 0.6 is 0 Å². The van der Waals surface area contributed by atoms with Gasteiger partial charge >= 0.3 is 0 Å². The molecule has 0 saturated heterocycles. The van der Waals surface area contributed by atoms with Crippen molar-refractivity contribution in [2.75, 3.05) is 27.9 Å². The maximum absolute atomic E-state index is 5.74. The van der Waals surface area contributed by atoms with E-state index >= 15 is 0 Å². The Morgan fingerprint density at radius 2 is 1.72 bits per heavy atom. The molecule has 1 aromatic heterocycles. The summed E-state index contributed by atoms with van der Waals surface area (Å²) in [6.45, 7) is 0.569. The van der Waals surface area contributed by atoms with Crippen LogP contribution in [-0.2, 0) is 6.42 Å². The summed E-state index contributed by atoms with van der Waals surface area (Å²) in [6, 6.07) is 12.0. The summed E-state index contributed by atoms with van der Waals surface area (Å²) in [4.78, 5) is 4.48. The molecule has 1 heterocycles. The molecule has 2 N–H and O–H groups in total. The van der Waals surface area contributed by atoms with Crippen LogP contribution in [-0.4, -0.2) is 32.9 Å². The van der Waals surface area contributed by atoms with Crippen molar-refractivity contribution < 1.29 is 14.2 Å². The number of nitrogens with two attached hydrogens (primary N) is 1. The quantitative estimate of drug-likeness (QED) is 0.746. The number of benzene rings is 2. The largest absolute Gasteiger partial charge is 0.494 e. The van der Waals surface area contributed by atoms with E-state index in [1.807, 2.05) is 30.3 Å². The van der Waals surface area contributed by atoms with Gasteiger partial charge in [0.25, 0.3) is 0 Å². The first-order valence-corrected chi connectivity index (χ1v) is 8.10. The Labute approximate surface area is 147 Å². The average Bonchev–Trinajstić information content (AvgIpc) is 2.66. The molecule has 0 aliphatic rings. The summed E-state index contributed by atoms with van der Waals surface area (Å²) >= 11 is 0. The van der Waals surface area contributed by atoms with Crippen LogP contribution in [0.3, 0.4) is 0 Å². The van der Waals surface area contributed by atoms with Crippen molar-refractivity contribution in [3.8, 4) is 28.4 Å². The van der Waals surface area contributed by atoms with Crippen molar-refractivity contribution in [3.63, 3.8) is 0 Å². The number of nitrogens with zero attached hydrogens (tertiary/aromatic N) is 1. The van der Waals surface area contributed by atoms with Gasteiger partial charge in [0.15, 0.2) is 11.5 Å².